The van der Waals surface area contributed by atoms with Gasteiger partial charge in [0.1, 0.15) is 24.6 Å². The van der Waals surface area contributed by atoms with E-state index < -0.39 is 31.1 Å². The molecule has 0 aromatic carbocycles. The normalized spacial score (nSPS) is 25.0. The highest BCUT2D eigenvalue weighted by Crippen LogP contribution is 2.32. The first-order chi connectivity index (χ1) is 13.6. The molecule has 146 valence electrons. The Kier molecular flexibility index (Phi) is 5.28. The van der Waals surface area contributed by atoms with Crippen LogP contribution < -0.4 is 5.43 Å². The van der Waals surface area contributed by atoms with E-state index in [1.54, 1.807) is 12.3 Å². The molecule has 0 bridgehead atoms. The fraction of sp³-hybridized carbons (Fsp3) is 0.312. The molecule has 28 heavy (non-hydrogen) atoms. The first kappa shape index (κ1) is 18.8. The molecule has 4 rings (SSSR count). The Hall–Kier alpha value is -2.51. The Balaban J connectivity index is 1.58. The van der Waals surface area contributed by atoms with Crippen molar-refractivity contribution in [3.63, 3.8) is 0 Å². The second-order valence-electron chi connectivity index (χ2n) is 6.05. The van der Waals surface area contributed by atoms with Gasteiger partial charge in [0.15, 0.2) is 23.2 Å². The molecule has 0 aliphatic carbocycles. The fourth-order valence-corrected chi connectivity index (χ4v) is 3.09. The Morgan fingerprint density at radius 3 is 2.79 bits per heavy atom. The van der Waals surface area contributed by atoms with E-state index in [1.165, 1.54) is 23.4 Å². The summed E-state index contributed by atoms with van der Waals surface area (Å²) in [5, 5.41) is 33.5. The molecule has 0 spiro atoms. The van der Waals surface area contributed by atoms with E-state index >= 15 is 0 Å². The third-order valence-electron chi connectivity index (χ3n) is 4.27. The molecule has 0 amide bonds. The van der Waals surface area contributed by atoms with Crippen LogP contribution in [0.15, 0.2) is 40.6 Å². The predicted molar refractivity (Wildman–Crippen MR) is 101 cm³/mol. The minimum absolute atomic E-state index is 0.351. The van der Waals surface area contributed by atoms with Gasteiger partial charge in [0.05, 0.1) is 24.8 Å². The van der Waals surface area contributed by atoms with E-state index in [-0.39, 0.29) is 0 Å². The van der Waals surface area contributed by atoms with Gasteiger partial charge >= 0.3 is 0 Å². The summed E-state index contributed by atoms with van der Waals surface area (Å²) in [6.45, 7) is -0.415. The molecule has 1 fully saturated rings. The van der Waals surface area contributed by atoms with Crippen LogP contribution in [0.4, 0.5) is 5.82 Å². The first-order valence-corrected chi connectivity index (χ1v) is 9.08. The van der Waals surface area contributed by atoms with Crippen molar-refractivity contribution in [3.8, 4) is 0 Å². The Morgan fingerprint density at radius 2 is 2.07 bits per heavy atom. The standard InChI is InChI=1S/C16H16BrN7O4/c17-8-1-2-9(18-3-8)4-22-23-14-11-15(20-6-19-14)24(7-21-11)16-13(27)12(26)10(5-25)28-16/h1-4,6-7,10,12-13,16,25-27H,5H2,(H,19,20,23)/b22-4+/t10-,12-,13-,16-/m1/s1. The average molecular weight is 450 g/mol. The molecular weight excluding hydrogens is 434 g/mol. The Morgan fingerprint density at radius 1 is 1.21 bits per heavy atom. The van der Waals surface area contributed by atoms with Crippen molar-refractivity contribution in [3.05, 3.63) is 41.2 Å². The Labute approximate surface area is 166 Å². The van der Waals surface area contributed by atoms with E-state index in [0.29, 0.717) is 22.7 Å². The highest BCUT2D eigenvalue weighted by atomic mass is 79.9. The highest BCUT2D eigenvalue weighted by molar-refractivity contribution is 9.10. The number of halogens is 1. The van der Waals surface area contributed by atoms with Gasteiger partial charge in [-0.05, 0) is 28.1 Å². The van der Waals surface area contributed by atoms with E-state index in [4.69, 9.17) is 4.74 Å². The van der Waals surface area contributed by atoms with Gasteiger partial charge < -0.3 is 20.1 Å². The van der Waals surface area contributed by atoms with E-state index in [9.17, 15) is 15.3 Å². The minimum atomic E-state index is -1.23. The van der Waals surface area contributed by atoms with Crippen molar-refractivity contribution in [1.29, 1.82) is 0 Å². The van der Waals surface area contributed by atoms with Crippen LogP contribution in [0.3, 0.4) is 0 Å². The van der Waals surface area contributed by atoms with Crippen LogP contribution in [0, 0.1) is 0 Å². The zero-order valence-electron chi connectivity index (χ0n) is 14.3. The van der Waals surface area contributed by atoms with Crippen molar-refractivity contribution < 1.29 is 20.1 Å². The van der Waals surface area contributed by atoms with Crippen LogP contribution >= 0.6 is 15.9 Å². The van der Waals surface area contributed by atoms with Crippen molar-refractivity contribution >= 4 is 39.1 Å². The van der Waals surface area contributed by atoms with Gasteiger partial charge in [-0.1, -0.05) is 0 Å². The minimum Gasteiger partial charge on any atom is -0.394 e. The van der Waals surface area contributed by atoms with Gasteiger partial charge in [-0.3, -0.25) is 15.0 Å². The van der Waals surface area contributed by atoms with Crippen LogP contribution in [0.25, 0.3) is 11.2 Å². The largest absolute Gasteiger partial charge is 0.394 e. The quantitative estimate of drug-likeness (QED) is 0.312. The number of fused-ring (bicyclic) bond motifs is 1. The summed E-state index contributed by atoms with van der Waals surface area (Å²) in [5.41, 5.74) is 4.23. The number of aromatic nitrogens is 5. The van der Waals surface area contributed by atoms with Crippen molar-refractivity contribution in [1.82, 2.24) is 24.5 Å². The number of nitrogens with zero attached hydrogens (tertiary/aromatic N) is 6. The number of anilines is 1. The number of aliphatic hydroxyl groups is 3. The number of nitrogens with one attached hydrogen (secondary N) is 1. The zero-order chi connectivity index (χ0) is 19.7. The lowest BCUT2D eigenvalue weighted by atomic mass is 10.1. The number of pyridine rings is 1. The van der Waals surface area contributed by atoms with Crippen LogP contribution in [0.5, 0.6) is 0 Å². The van der Waals surface area contributed by atoms with Crippen molar-refractivity contribution in [2.45, 2.75) is 24.5 Å². The van der Waals surface area contributed by atoms with Gasteiger partial charge in [0.2, 0.25) is 0 Å². The SMILES string of the molecule is OC[C@H]1O[C@@H](n2cnc3c(N/N=C/c4ccc(Br)cn4)ncnc32)[C@H](O)[C@@H]1O. The first-order valence-electron chi connectivity index (χ1n) is 8.29. The molecule has 1 saturated heterocycles. The summed E-state index contributed by atoms with van der Waals surface area (Å²) in [4.78, 5) is 16.7. The predicted octanol–water partition coefficient (Wildman–Crippen LogP) is 0.0413. The molecule has 4 heterocycles. The van der Waals surface area contributed by atoms with Crippen LogP contribution in [0.1, 0.15) is 11.9 Å². The third kappa shape index (κ3) is 3.47. The van der Waals surface area contributed by atoms with Crippen LogP contribution in [-0.2, 0) is 4.74 Å². The molecule has 4 N–H and O–H groups in total. The molecule has 12 heteroatoms. The topological polar surface area (TPSA) is 151 Å². The molecule has 0 saturated carbocycles. The summed E-state index contributed by atoms with van der Waals surface area (Å²) in [6.07, 6.45) is 1.66. The molecule has 1 aliphatic rings. The maximum absolute atomic E-state index is 10.2. The molecule has 3 aromatic rings. The van der Waals surface area contributed by atoms with Crippen LogP contribution in [0.2, 0.25) is 0 Å². The summed E-state index contributed by atoms with van der Waals surface area (Å²) >= 11 is 3.32. The zero-order valence-corrected chi connectivity index (χ0v) is 15.9. The fourth-order valence-electron chi connectivity index (χ4n) is 2.85. The summed E-state index contributed by atoms with van der Waals surface area (Å²) in [7, 11) is 0. The number of ether oxygens (including phenoxy) is 1. The number of rotatable bonds is 5. The molecule has 0 unspecified atom stereocenters. The lowest BCUT2D eigenvalue weighted by Crippen LogP contribution is -2.33. The number of aliphatic hydroxyl groups excluding tert-OH is 3. The van der Waals surface area contributed by atoms with E-state index in [1.807, 2.05) is 6.07 Å². The maximum Gasteiger partial charge on any atom is 0.177 e. The summed E-state index contributed by atoms with van der Waals surface area (Å²) in [6, 6.07) is 3.64. The number of hydrogen-bond acceptors (Lipinski definition) is 10. The Bertz CT molecular complexity index is 996. The number of hydrazone groups is 1. The summed E-state index contributed by atoms with van der Waals surface area (Å²) in [5.74, 6) is 0.351. The molecule has 0 radical (unpaired) electrons. The molecule has 1 aliphatic heterocycles. The van der Waals surface area contributed by atoms with Gasteiger partial charge in [-0.2, -0.15) is 5.10 Å². The highest BCUT2D eigenvalue weighted by Gasteiger charge is 2.44. The van der Waals surface area contributed by atoms with Gasteiger partial charge in [0, 0.05) is 10.7 Å². The molecule has 11 nitrogen and oxygen atoms in total. The van der Waals surface area contributed by atoms with Crippen LogP contribution in [-0.4, -0.2) is 71.0 Å². The number of imidazole rings is 1. The molecule has 3 aromatic heterocycles. The summed E-state index contributed by atoms with van der Waals surface area (Å²) < 4.78 is 7.87. The monoisotopic (exact) mass is 449 g/mol. The lowest BCUT2D eigenvalue weighted by Gasteiger charge is -2.16. The van der Waals surface area contributed by atoms with Crippen molar-refractivity contribution in [2.24, 2.45) is 5.10 Å². The van der Waals surface area contributed by atoms with Gasteiger partial charge in [-0.15, -0.1) is 0 Å². The van der Waals surface area contributed by atoms with Gasteiger partial charge in [0.25, 0.3) is 0 Å². The van der Waals surface area contributed by atoms with E-state index in [0.717, 1.165) is 4.47 Å². The lowest BCUT2D eigenvalue weighted by molar-refractivity contribution is -0.0511. The molecule has 4 atom stereocenters. The van der Waals surface area contributed by atoms with Crippen molar-refractivity contribution in [2.75, 3.05) is 12.0 Å². The second kappa shape index (κ2) is 7.85. The average Bonchev–Trinajstić information content (AvgIpc) is 3.25. The van der Waals surface area contributed by atoms with Gasteiger partial charge in [-0.25, -0.2) is 15.0 Å². The van der Waals surface area contributed by atoms with E-state index in [2.05, 4.69) is 46.4 Å². The maximum atomic E-state index is 10.2. The second-order valence-corrected chi connectivity index (χ2v) is 6.96. The smallest absolute Gasteiger partial charge is 0.177 e. The molecular formula is C16H16BrN7O4. The number of hydrogen-bond donors (Lipinski definition) is 4. The third-order valence-corrected chi connectivity index (χ3v) is 4.74.